The summed E-state index contributed by atoms with van der Waals surface area (Å²) in [5.74, 6) is -1.77. The number of ketones is 1. The lowest BCUT2D eigenvalue weighted by atomic mass is 10.1. The lowest BCUT2D eigenvalue weighted by molar-refractivity contribution is -0.117. The van der Waals surface area contributed by atoms with Gasteiger partial charge in [0, 0.05) is 5.69 Å². The zero-order valence-electron chi connectivity index (χ0n) is 17.0. The Balaban J connectivity index is 1.90. The van der Waals surface area contributed by atoms with Gasteiger partial charge in [-0.3, -0.25) is 9.59 Å². The van der Waals surface area contributed by atoms with Gasteiger partial charge in [0.15, 0.2) is 5.78 Å². The smallest absolute Gasteiger partial charge is 0.263 e. The Kier molecular flexibility index (Phi) is 7.22. The lowest BCUT2D eigenvalue weighted by Gasteiger charge is -2.08. The maximum atomic E-state index is 12.8. The predicted octanol–water partition coefficient (Wildman–Crippen LogP) is 4.84. The van der Waals surface area contributed by atoms with Crippen LogP contribution < -0.4 is 5.32 Å². The van der Waals surface area contributed by atoms with E-state index in [1.807, 2.05) is 0 Å². The molecule has 0 aromatic heterocycles. The minimum absolute atomic E-state index is 0.0910. The van der Waals surface area contributed by atoms with E-state index in [0.29, 0.717) is 16.8 Å². The number of anilines is 1. The summed E-state index contributed by atoms with van der Waals surface area (Å²) in [6.45, 7) is 0. The highest BCUT2D eigenvalue weighted by molar-refractivity contribution is 6.28. The van der Waals surface area contributed by atoms with E-state index in [1.165, 1.54) is 48.6 Å². The Morgan fingerprint density at radius 3 is 1.72 bits per heavy atom. The molecule has 3 aromatic rings. The van der Waals surface area contributed by atoms with Gasteiger partial charge in [-0.15, -0.1) is 0 Å². The van der Waals surface area contributed by atoms with Crippen LogP contribution in [0.5, 0.6) is 11.5 Å². The summed E-state index contributed by atoms with van der Waals surface area (Å²) >= 11 is 0. The molecule has 0 unspecified atom stereocenters. The van der Waals surface area contributed by atoms with Crippen LogP contribution in [0.25, 0.3) is 12.2 Å². The second kappa shape index (κ2) is 10.4. The van der Waals surface area contributed by atoms with Crippen molar-refractivity contribution in [3.63, 3.8) is 0 Å². The number of hydrogen-bond donors (Lipinski definition) is 4. The molecule has 160 valence electrons. The maximum Gasteiger partial charge on any atom is 0.263 e. The number of phenols is 2. The second-order valence-electron chi connectivity index (χ2n) is 6.79. The Bertz CT molecular complexity index is 1180. The zero-order chi connectivity index (χ0) is 22.9. The molecule has 0 aliphatic rings. The summed E-state index contributed by atoms with van der Waals surface area (Å²) < 4.78 is 0. The summed E-state index contributed by atoms with van der Waals surface area (Å²) in [5, 5.41) is 31.9. The van der Waals surface area contributed by atoms with E-state index in [1.54, 1.807) is 54.6 Å². The normalized spacial score (nSPS) is 12.0. The maximum absolute atomic E-state index is 12.8. The molecule has 3 aromatic carbocycles. The summed E-state index contributed by atoms with van der Waals surface area (Å²) in [7, 11) is 0. The number of phenolic OH excluding ortho intramolecular Hbond substituents is 2. The molecular weight excluding hydrogens is 406 g/mol. The van der Waals surface area contributed by atoms with Crippen LogP contribution in [0.3, 0.4) is 0 Å². The number of carbonyl (C=O) groups excluding carboxylic acids is 2. The molecule has 0 saturated carbocycles. The molecule has 3 rings (SSSR count). The van der Waals surface area contributed by atoms with Gasteiger partial charge >= 0.3 is 0 Å². The van der Waals surface area contributed by atoms with E-state index in [4.69, 9.17) is 0 Å². The molecule has 6 nitrogen and oxygen atoms in total. The highest BCUT2D eigenvalue weighted by Gasteiger charge is 2.21. The number of aromatic hydroxyl groups is 2. The predicted molar refractivity (Wildman–Crippen MR) is 124 cm³/mol. The number of para-hydroxylation sites is 1. The first-order valence-electron chi connectivity index (χ1n) is 9.70. The molecule has 0 fully saturated rings. The van der Waals surface area contributed by atoms with Gasteiger partial charge in [-0.05, 0) is 59.7 Å². The van der Waals surface area contributed by atoms with Gasteiger partial charge in [-0.25, -0.2) is 0 Å². The fraction of sp³-hybridized carbons (Fsp3) is 0. The SMILES string of the molecule is O=C(/C=C/c1ccc(O)cc1)/C(C(=O)Nc1ccccc1)=C(O)\C=C\c1ccc(O)cc1. The Labute approximate surface area is 185 Å². The summed E-state index contributed by atoms with van der Waals surface area (Å²) in [5.41, 5.74) is 1.34. The van der Waals surface area contributed by atoms with Crippen LogP contribution in [0.4, 0.5) is 5.69 Å². The molecule has 0 bridgehead atoms. The highest BCUT2D eigenvalue weighted by atomic mass is 16.3. The molecule has 0 aliphatic heterocycles. The average molecular weight is 427 g/mol. The number of amides is 1. The van der Waals surface area contributed by atoms with Gasteiger partial charge in [0.2, 0.25) is 0 Å². The summed E-state index contributed by atoms with van der Waals surface area (Å²) in [6.07, 6.45) is 5.42. The van der Waals surface area contributed by atoms with E-state index in [0.717, 1.165) is 0 Å². The first-order chi connectivity index (χ1) is 15.4. The molecule has 0 aliphatic carbocycles. The first-order valence-corrected chi connectivity index (χ1v) is 9.70. The number of benzene rings is 3. The number of allylic oxidation sites excluding steroid dienone is 2. The van der Waals surface area contributed by atoms with Crippen LogP contribution in [0.2, 0.25) is 0 Å². The van der Waals surface area contributed by atoms with Crippen LogP contribution in [0.15, 0.2) is 102 Å². The van der Waals surface area contributed by atoms with Gasteiger partial charge < -0.3 is 20.6 Å². The van der Waals surface area contributed by atoms with Crippen LogP contribution >= 0.6 is 0 Å². The number of hydrogen-bond acceptors (Lipinski definition) is 5. The second-order valence-corrected chi connectivity index (χ2v) is 6.79. The van der Waals surface area contributed by atoms with Gasteiger partial charge in [-0.2, -0.15) is 0 Å². The van der Waals surface area contributed by atoms with Crippen LogP contribution in [-0.4, -0.2) is 27.0 Å². The molecule has 0 spiro atoms. The van der Waals surface area contributed by atoms with Crippen molar-refractivity contribution in [3.8, 4) is 11.5 Å². The highest BCUT2D eigenvalue weighted by Crippen LogP contribution is 2.16. The Morgan fingerprint density at radius 2 is 1.19 bits per heavy atom. The number of aliphatic hydroxyl groups excluding tert-OH is 1. The number of rotatable bonds is 7. The molecule has 0 atom stereocenters. The number of aliphatic hydroxyl groups is 1. The molecule has 1 amide bonds. The van der Waals surface area contributed by atoms with Crippen molar-refractivity contribution in [1.82, 2.24) is 0 Å². The van der Waals surface area contributed by atoms with E-state index in [2.05, 4.69) is 5.32 Å². The summed E-state index contributed by atoms with van der Waals surface area (Å²) in [4.78, 5) is 25.7. The minimum atomic E-state index is -0.760. The molecular formula is C26H21NO5. The zero-order valence-corrected chi connectivity index (χ0v) is 17.0. The largest absolute Gasteiger partial charge is 0.508 e. The Hall–Kier alpha value is -4.58. The van der Waals surface area contributed by atoms with Crippen molar-refractivity contribution in [2.24, 2.45) is 0 Å². The van der Waals surface area contributed by atoms with Gasteiger partial charge in [0.25, 0.3) is 5.91 Å². The lowest BCUT2D eigenvalue weighted by Crippen LogP contribution is -2.21. The minimum Gasteiger partial charge on any atom is -0.508 e. The average Bonchev–Trinajstić information content (AvgIpc) is 2.79. The molecule has 32 heavy (non-hydrogen) atoms. The van der Waals surface area contributed by atoms with Gasteiger partial charge in [0.1, 0.15) is 22.8 Å². The fourth-order valence-corrected chi connectivity index (χ4v) is 2.75. The first kappa shape index (κ1) is 22.1. The molecule has 0 radical (unpaired) electrons. The standard InChI is InChI=1S/C26H21NO5/c28-21-12-6-18(7-13-21)10-16-23(30)25(26(32)27-20-4-2-1-3-5-20)24(31)17-11-19-8-14-22(29)15-9-19/h1-17,28-30H,(H,27,32)/b16-10+,17-11+,25-23-. The third-order valence-corrected chi connectivity index (χ3v) is 4.41. The molecule has 4 N–H and O–H groups in total. The van der Waals surface area contributed by atoms with Crippen LogP contribution in [0, 0.1) is 0 Å². The van der Waals surface area contributed by atoms with Gasteiger partial charge in [0.05, 0.1) is 0 Å². The third-order valence-electron chi connectivity index (χ3n) is 4.41. The van der Waals surface area contributed by atoms with Crippen molar-refractivity contribution in [2.45, 2.75) is 0 Å². The summed E-state index contributed by atoms with van der Waals surface area (Å²) in [6, 6.07) is 20.9. The number of nitrogens with one attached hydrogen (secondary N) is 1. The number of carbonyl (C=O) groups is 2. The molecule has 0 heterocycles. The van der Waals surface area contributed by atoms with Crippen molar-refractivity contribution >= 4 is 29.5 Å². The Morgan fingerprint density at radius 1 is 0.688 bits per heavy atom. The van der Waals surface area contributed by atoms with E-state index in [9.17, 15) is 24.9 Å². The van der Waals surface area contributed by atoms with Gasteiger partial charge in [-0.1, -0.05) is 54.6 Å². The van der Waals surface area contributed by atoms with Crippen LogP contribution in [-0.2, 0) is 9.59 Å². The van der Waals surface area contributed by atoms with Crippen LogP contribution in [0.1, 0.15) is 11.1 Å². The van der Waals surface area contributed by atoms with Crippen molar-refractivity contribution in [2.75, 3.05) is 5.32 Å². The monoisotopic (exact) mass is 427 g/mol. The quantitative estimate of drug-likeness (QED) is 0.142. The van der Waals surface area contributed by atoms with Crippen molar-refractivity contribution in [3.05, 3.63) is 113 Å². The molecule has 0 saturated heterocycles. The third kappa shape index (κ3) is 6.21. The van der Waals surface area contributed by atoms with E-state index < -0.39 is 23.0 Å². The van der Waals surface area contributed by atoms with E-state index in [-0.39, 0.29) is 11.5 Å². The van der Waals surface area contributed by atoms with Crippen molar-refractivity contribution in [1.29, 1.82) is 0 Å². The van der Waals surface area contributed by atoms with E-state index >= 15 is 0 Å². The fourth-order valence-electron chi connectivity index (χ4n) is 2.75. The molecule has 6 heteroatoms. The van der Waals surface area contributed by atoms with Crippen molar-refractivity contribution < 1.29 is 24.9 Å². The topological polar surface area (TPSA) is 107 Å².